The van der Waals surface area contributed by atoms with Gasteiger partial charge in [0.1, 0.15) is 19.8 Å². The van der Waals surface area contributed by atoms with Crippen LogP contribution < -0.4 is 4.89 Å². The van der Waals surface area contributed by atoms with Gasteiger partial charge in [-0.25, -0.2) is 0 Å². The third kappa shape index (κ3) is 67.7. The molecule has 0 amide bonds. The minimum Gasteiger partial charge on any atom is -0.756 e. The van der Waals surface area contributed by atoms with Crippen LogP contribution in [0.15, 0.2) is 12.2 Å². The Kier molecular flexibility index (Phi) is 62.3. The van der Waals surface area contributed by atoms with Gasteiger partial charge in [-0.1, -0.05) is 341 Å². The molecule has 10 heteroatoms. The first-order chi connectivity index (χ1) is 39.5. The van der Waals surface area contributed by atoms with E-state index in [1.807, 2.05) is 21.1 Å². The van der Waals surface area contributed by atoms with E-state index in [4.69, 9.17) is 18.5 Å². The molecule has 0 aliphatic carbocycles. The average Bonchev–Trinajstić information content (AvgIpc) is 3.43. The van der Waals surface area contributed by atoms with Gasteiger partial charge in [-0.3, -0.25) is 14.2 Å². The van der Waals surface area contributed by atoms with Crippen LogP contribution in [-0.4, -0.2) is 70.0 Å². The van der Waals surface area contributed by atoms with E-state index in [9.17, 15) is 19.0 Å². The summed E-state index contributed by atoms with van der Waals surface area (Å²) in [5.41, 5.74) is 0. The Hall–Kier alpha value is -1.25. The highest BCUT2D eigenvalue weighted by Gasteiger charge is 2.22. The molecule has 482 valence electrons. The number of ether oxygens (including phenoxy) is 2. The quantitative estimate of drug-likeness (QED) is 0.0195. The van der Waals surface area contributed by atoms with Crippen LogP contribution in [0, 0.1) is 0 Å². The summed E-state index contributed by atoms with van der Waals surface area (Å²) >= 11 is 0. The highest BCUT2D eigenvalue weighted by molar-refractivity contribution is 7.45. The van der Waals surface area contributed by atoms with Gasteiger partial charge < -0.3 is 27.9 Å². The number of likely N-dealkylation sites (N-methyl/N-ethyl adjacent to an activating group) is 1. The number of nitrogens with zero attached hydrogens (tertiary/aromatic N) is 1. The third-order valence-electron chi connectivity index (χ3n) is 16.5. The molecule has 0 aliphatic heterocycles. The predicted octanol–water partition coefficient (Wildman–Crippen LogP) is 22.5. The molecule has 0 saturated heterocycles. The standard InChI is InChI=1S/C71H140NO8P/c1-6-8-10-12-14-16-18-20-22-24-26-27-28-29-30-31-32-33-34-35-36-37-38-39-40-41-42-43-44-45-46-48-49-51-53-55-57-59-61-63-70(73)77-67-69(68-79-81(75,76)78-66-65-72(3,4)5)80-71(74)64-62-60-58-56-54-52-50-47-25-23-21-19-17-15-13-11-9-7-2/h23,25,69H,6-22,24,26-68H2,1-5H3/b25-23-. The maximum absolute atomic E-state index is 12.8. The summed E-state index contributed by atoms with van der Waals surface area (Å²) in [6.45, 7) is 4.30. The van der Waals surface area contributed by atoms with Gasteiger partial charge in [0.25, 0.3) is 7.82 Å². The molecule has 0 heterocycles. The Labute approximate surface area is 505 Å². The van der Waals surface area contributed by atoms with Crippen LogP contribution in [-0.2, 0) is 32.7 Å². The second kappa shape index (κ2) is 63.3. The molecular formula is C71H140NO8P. The highest BCUT2D eigenvalue weighted by Crippen LogP contribution is 2.38. The third-order valence-corrected chi connectivity index (χ3v) is 17.5. The van der Waals surface area contributed by atoms with Gasteiger partial charge in [-0.15, -0.1) is 0 Å². The SMILES string of the molecule is CCCCCCCCC/C=C\CCCCCCCCCC(=O)OC(COC(=O)CCCCCCCCCCCCCCCCCCCCCCCCCCCCCCCCCCCCCCCCC)COP(=O)([O-])OCC[N+](C)(C)C. The summed E-state index contributed by atoms with van der Waals surface area (Å²) in [4.78, 5) is 38.0. The molecule has 0 aromatic rings. The molecule has 0 N–H and O–H groups in total. The average molecular weight is 1170 g/mol. The van der Waals surface area contributed by atoms with Crippen LogP contribution in [0.3, 0.4) is 0 Å². The van der Waals surface area contributed by atoms with Crippen molar-refractivity contribution in [1.82, 2.24) is 0 Å². The first kappa shape index (κ1) is 79.8. The van der Waals surface area contributed by atoms with Crippen LogP contribution in [0.4, 0.5) is 0 Å². The number of unbranched alkanes of at least 4 members (excludes halogenated alkanes) is 52. The van der Waals surface area contributed by atoms with Crippen molar-refractivity contribution in [1.29, 1.82) is 0 Å². The zero-order valence-electron chi connectivity index (χ0n) is 55.0. The van der Waals surface area contributed by atoms with Gasteiger partial charge in [0.15, 0.2) is 6.10 Å². The Balaban J connectivity index is 3.85. The van der Waals surface area contributed by atoms with Crippen LogP contribution in [0.1, 0.15) is 380 Å². The normalized spacial score (nSPS) is 13.1. The summed E-state index contributed by atoms with van der Waals surface area (Å²) < 4.78 is 34.3. The van der Waals surface area contributed by atoms with Gasteiger partial charge in [0.2, 0.25) is 0 Å². The van der Waals surface area contributed by atoms with E-state index in [-0.39, 0.29) is 32.0 Å². The lowest BCUT2D eigenvalue weighted by molar-refractivity contribution is -0.870. The van der Waals surface area contributed by atoms with Crippen molar-refractivity contribution >= 4 is 19.8 Å². The number of phosphoric acid groups is 1. The minimum atomic E-state index is -4.64. The van der Waals surface area contributed by atoms with Gasteiger partial charge >= 0.3 is 11.9 Å². The Morgan fingerprint density at radius 3 is 0.914 bits per heavy atom. The van der Waals surface area contributed by atoms with Crippen LogP contribution in [0.5, 0.6) is 0 Å². The zero-order valence-corrected chi connectivity index (χ0v) is 55.9. The van der Waals surface area contributed by atoms with Crippen molar-refractivity contribution in [3.8, 4) is 0 Å². The summed E-state index contributed by atoms with van der Waals surface area (Å²) in [6.07, 6.45) is 77.6. The molecule has 0 aromatic heterocycles. The summed E-state index contributed by atoms with van der Waals surface area (Å²) in [6, 6.07) is 0. The summed E-state index contributed by atoms with van der Waals surface area (Å²) in [5.74, 6) is -0.816. The molecule has 81 heavy (non-hydrogen) atoms. The molecule has 2 atom stereocenters. The number of hydrogen-bond donors (Lipinski definition) is 0. The van der Waals surface area contributed by atoms with Gasteiger partial charge in [-0.05, 0) is 38.5 Å². The van der Waals surface area contributed by atoms with E-state index in [1.165, 1.54) is 302 Å². The Bertz CT molecular complexity index is 1370. The number of carbonyl (C=O) groups excluding carboxylic acids is 2. The number of quaternary nitrogens is 1. The van der Waals surface area contributed by atoms with E-state index >= 15 is 0 Å². The molecule has 0 saturated carbocycles. The molecule has 9 nitrogen and oxygen atoms in total. The second-order valence-corrected chi connectivity index (χ2v) is 27.4. The van der Waals surface area contributed by atoms with Crippen molar-refractivity contribution in [2.24, 2.45) is 0 Å². The van der Waals surface area contributed by atoms with Gasteiger partial charge in [0.05, 0.1) is 27.7 Å². The molecule has 2 unspecified atom stereocenters. The maximum atomic E-state index is 12.8. The van der Waals surface area contributed by atoms with Crippen LogP contribution >= 0.6 is 7.82 Å². The van der Waals surface area contributed by atoms with Crippen LogP contribution in [0.25, 0.3) is 0 Å². The molecule has 0 aromatic carbocycles. The van der Waals surface area contributed by atoms with Crippen molar-refractivity contribution in [3.05, 3.63) is 12.2 Å². The van der Waals surface area contributed by atoms with E-state index in [0.29, 0.717) is 17.4 Å². The lowest BCUT2D eigenvalue weighted by Crippen LogP contribution is -2.37. The van der Waals surface area contributed by atoms with Crippen molar-refractivity contribution < 1.29 is 42.1 Å². The van der Waals surface area contributed by atoms with Crippen molar-refractivity contribution in [2.75, 3.05) is 47.5 Å². The summed E-state index contributed by atoms with van der Waals surface area (Å²) in [7, 11) is 1.18. The number of carbonyl (C=O) groups is 2. The number of hydrogen-bond acceptors (Lipinski definition) is 8. The largest absolute Gasteiger partial charge is 0.756 e. The molecule has 0 fully saturated rings. The number of allylic oxidation sites excluding steroid dienone is 2. The topological polar surface area (TPSA) is 111 Å². The predicted molar refractivity (Wildman–Crippen MR) is 347 cm³/mol. The van der Waals surface area contributed by atoms with E-state index in [2.05, 4.69) is 26.0 Å². The van der Waals surface area contributed by atoms with Crippen molar-refractivity contribution in [3.63, 3.8) is 0 Å². The van der Waals surface area contributed by atoms with E-state index in [0.717, 1.165) is 44.9 Å². The maximum Gasteiger partial charge on any atom is 0.306 e. The van der Waals surface area contributed by atoms with Crippen molar-refractivity contribution in [2.45, 2.75) is 386 Å². The second-order valence-electron chi connectivity index (χ2n) is 26.0. The first-order valence-electron chi connectivity index (χ1n) is 35.9. The van der Waals surface area contributed by atoms with Crippen LogP contribution in [0.2, 0.25) is 0 Å². The smallest absolute Gasteiger partial charge is 0.306 e. The summed E-state index contributed by atoms with van der Waals surface area (Å²) in [5, 5.41) is 0. The number of phosphoric ester groups is 1. The molecule has 0 aliphatic rings. The Morgan fingerprint density at radius 2 is 0.630 bits per heavy atom. The fourth-order valence-corrected chi connectivity index (χ4v) is 11.7. The highest BCUT2D eigenvalue weighted by atomic mass is 31.2. The Morgan fingerprint density at radius 1 is 0.370 bits per heavy atom. The first-order valence-corrected chi connectivity index (χ1v) is 37.4. The fraction of sp³-hybridized carbons (Fsp3) is 0.944. The lowest BCUT2D eigenvalue weighted by atomic mass is 10.0. The molecule has 0 spiro atoms. The van der Waals surface area contributed by atoms with E-state index < -0.39 is 26.5 Å². The monoisotopic (exact) mass is 1170 g/mol. The molecule has 0 rings (SSSR count). The number of rotatable bonds is 68. The number of esters is 2. The van der Waals surface area contributed by atoms with Gasteiger partial charge in [0, 0.05) is 12.8 Å². The minimum absolute atomic E-state index is 0.0279. The zero-order chi connectivity index (χ0) is 59.1. The molecule has 0 radical (unpaired) electrons. The lowest BCUT2D eigenvalue weighted by Gasteiger charge is -2.28. The van der Waals surface area contributed by atoms with Gasteiger partial charge in [-0.2, -0.15) is 0 Å². The molecular weight excluding hydrogens is 1030 g/mol. The molecule has 0 bridgehead atoms. The van der Waals surface area contributed by atoms with E-state index in [1.54, 1.807) is 0 Å². The fourth-order valence-electron chi connectivity index (χ4n) is 11.0.